The third-order valence-corrected chi connectivity index (χ3v) is 4.62. The Kier molecular flexibility index (Phi) is 4.96. The Balaban J connectivity index is 1.81. The summed E-state index contributed by atoms with van der Waals surface area (Å²) in [5.41, 5.74) is 1.84. The average molecular weight is 315 g/mol. The molecule has 0 unspecified atom stereocenters. The van der Waals surface area contributed by atoms with Crippen molar-refractivity contribution in [2.24, 2.45) is 5.92 Å². The van der Waals surface area contributed by atoms with Crippen LogP contribution in [0.15, 0.2) is 24.4 Å². The molecule has 2 aromatic heterocycles. The van der Waals surface area contributed by atoms with E-state index in [4.69, 9.17) is 9.72 Å². The molecule has 3 heterocycles. The minimum atomic E-state index is -0.206. The number of nitrogens with zero attached hydrogens (tertiary/aromatic N) is 3. The number of piperidine rings is 1. The van der Waals surface area contributed by atoms with Gasteiger partial charge in [0.1, 0.15) is 5.82 Å². The zero-order valence-corrected chi connectivity index (χ0v) is 14.0. The van der Waals surface area contributed by atoms with E-state index < -0.39 is 0 Å². The van der Waals surface area contributed by atoms with Crippen molar-refractivity contribution in [2.75, 3.05) is 26.7 Å². The van der Waals surface area contributed by atoms with Crippen LogP contribution >= 0.6 is 0 Å². The van der Waals surface area contributed by atoms with Crippen LogP contribution in [-0.2, 0) is 22.4 Å². The van der Waals surface area contributed by atoms with Gasteiger partial charge in [-0.3, -0.25) is 4.79 Å². The van der Waals surface area contributed by atoms with Gasteiger partial charge in [0.15, 0.2) is 0 Å². The van der Waals surface area contributed by atoms with E-state index in [1.807, 2.05) is 31.3 Å². The topological polar surface area (TPSA) is 46.8 Å². The Bertz CT molecular complexity index is 672. The van der Waals surface area contributed by atoms with E-state index in [1.165, 1.54) is 12.8 Å². The molecule has 5 nitrogen and oxygen atoms in total. The number of carbonyl (C=O) groups excluding carboxylic acids is 1. The van der Waals surface area contributed by atoms with Crippen molar-refractivity contribution in [3.8, 4) is 0 Å². The van der Waals surface area contributed by atoms with Crippen molar-refractivity contribution < 1.29 is 9.53 Å². The zero-order chi connectivity index (χ0) is 16.2. The number of hydrogen-bond donors (Lipinski definition) is 0. The maximum atomic E-state index is 11.8. The van der Waals surface area contributed by atoms with Crippen molar-refractivity contribution >= 4 is 11.5 Å². The normalized spacial score (nSPS) is 16.8. The number of rotatable bonds is 5. The standard InChI is InChI=1S/C18H25N3O2/c1-3-23-18(22)13-15-16-6-4-5-9-21(16)17(19-15)12-14-7-10-20(2)11-8-14/h4-6,9,14H,3,7-8,10-13H2,1-2H3. The Morgan fingerprint density at radius 2 is 2.13 bits per heavy atom. The number of pyridine rings is 1. The van der Waals surface area contributed by atoms with E-state index in [-0.39, 0.29) is 12.4 Å². The van der Waals surface area contributed by atoms with Crippen LogP contribution < -0.4 is 0 Å². The van der Waals surface area contributed by atoms with Gasteiger partial charge >= 0.3 is 5.97 Å². The predicted molar refractivity (Wildman–Crippen MR) is 89.5 cm³/mol. The summed E-state index contributed by atoms with van der Waals surface area (Å²) >= 11 is 0. The Morgan fingerprint density at radius 1 is 1.35 bits per heavy atom. The number of ether oxygens (including phenoxy) is 1. The number of hydrogen-bond acceptors (Lipinski definition) is 4. The highest BCUT2D eigenvalue weighted by Gasteiger charge is 2.21. The molecule has 0 aromatic carbocycles. The summed E-state index contributed by atoms with van der Waals surface area (Å²) in [5.74, 6) is 1.53. The second-order valence-electron chi connectivity index (χ2n) is 6.36. The lowest BCUT2D eigenvalue weighted by Gasteiger charge is -2.28. The molecule has 0 bridgehead atoms. The van der Waals surface area contributed by atoms with Gasteiger partial charge in [-0.1, -0.05) is 6.07 Å². The summed E-state index contributed by atoms with van der Waals surface area (Å²) in [6, 6.07) is 6.03. The second-order valence-corrected chi connectivity index (χ2v) is 6.36. The van der Waals surface area contributed by atoms with Crippen LogP contribution in [0.2, 0.25) is 0 Å². The molecule has 0 atom stereocenters. The smallest absolute Gasteiger partial charge is 0.311 e. The van der Waals surface area contributed by atoms with Crippen molar-refractivity contribution in [2.45, 2.75) is 32.6 Å². The summed E-state index contributed by atoms with van der Waals surface area (Å²) in [6.07, 6.45) is 5.69. The number of fused-ring (bicyclic) bond motifs is 1. The van der Waals surface area contributed by atoms with Crippen LogP contribution in [-0.4, -0.2) is 47.0 Å². The molecule has 3 rings (SSSR count). The van der Waals surface area contributed by atoms with Crippen LogP contribution in [0.1, 0.15) is 31.3 Å². The molecule has 1 saturated heterocycles. The molecule has 23 heavy (non-hydrogen) atoms. The first kappa shape index (κ1) is 16.0. The summed E-state index contributed by atoms with van der Waals surface area (Å²) in [5, 5.41) is 0. The maximum absolute atomic E-state index is 11.8. The highest BCUT2D eigenvalue weighted by Crippen LogP contribution is 2.22. The first-order valence-electron chi connectivity index (χ1n) is 8.46. The number of carbonyl (C=O) groups is 1. The first-order valence-corrected chi connectivity index (χ1v) is 8.46. The Hall–Kier alpha value is -1.88. The molecule has 0 aliphatic carbocycles. The van der Waals surface area contributed by atoms with Crippen LogP contribution in [0.4, 0.5) is 0 Å². The molecule has 0 N–H and O–H groups in total. The minimum absolute atomic E-state index is 0.206. The van der Waals surface area contributed by atoms with Gasteiger partial charge in [-0.25, -0.2) is 4.98 Å². The molecule has 1 aliphatic rings. The van der Waals surface area contributed by atoms with E-state index in [0.29, 0.717) is 12.5 Å². The van der Waals surface area contributed by atoms with E-state index in [2.05, 4.69) is 16.3 Å². The van der Waals surface area contributed by atoms with Gasteiger partial charge in [-0.05, 0) is 58.0 Å². The summed E-state index contributed by atoms with van der Waals surface area (Å²) in [6.45, 7) is 4.55. The van der Waals surface area contributed by atoms with Gasteiger partial charge in [0.25, 0.3) is 0 Å². The molecule has 2 aromatic rings. The van der Waals surface area contributed by atoms with Gasteiger partial charge in [0, 0.05) is 12.6 Å². The van der Waals surface area contributed by atoms with Gasteiger partial charge in [-0.2, -0.15) is 0 Å². The molecule has 1 aliphatic heterocycles. The van der Waals surface area contributed by atoms with E-state index >= 15 is 0 Å². The average Bonchev–Trinajstić information content (AvgIpc) is 2.88. The number of imidazole rings is 1. The van der Waals surface area contributed by atoms with Crippen molar-refractivity contribution in [3.63, 3.8) is 0 Å². The number of likely N-dealkylation sites (tertiary alicyclic amines) is 1. The van der Waals surface area contributed by atoms with Crippen molar-refractivity contribution in [1.29, 1.82) is 0 Å². The second kappa shape index (κ2) is 7.13. The van der Waals surface area contributed by atoms with Crippen molar-refractivity contribution in [1.82, 2.24) is 14.3 Å². The number of aromatic nitrogens is 2. The third-order valence-electron chi connectivity index (χ3n) is 4.62. The monoisotopic (exact) mass is 315 g/mol. The first-order chi connectivity index (χ1) is 11.2. The molecular formula is C18H25N3O2. The van der Waals surface area contributed by atoms with Crippen LogP contribution in [0.3, 0.4) is 0 Å². The summed E-state index contributed by atoms with van der Waals surface area (Å²) < 4.78 is 7.20. The van der Waals surface area contributed by atoms with Crippen LogP contribution in [0.5, 0.6) is 0 Å². The largest absolute Gasteiger partial charge is 0.466 e. The highest BCUT2D eigenvalue weighted by molar-refractivity contribution is 5.75. The zero-order valence-electron chi connectivity index (χ0n) is 14.0. The van der Waals surface area contributed by atoms with Gasteiger partial charge in [0.2, 0.25) is 0 Å². The fraction of sp³-hybridized carbons (Fsp3) is 0.556. The molecule has 1 fully saturated rings. The van der Waals surface area contributed by atoms with Gasteiger partial charge < -0.3 is 14.0 Å². The Morgan fingerprint density at radius 3 is 2.87 bits per heavy atom. The fourth-order valence-corrected chi connectivity index (χ4v) is 3.32. The van der Waals surface area contributed by atoms with Crippen LogP contribution in [0, 0.1) is 5.92 Å². The SMILES string of the molecule is CCOC(=O)Cc1nc(CC2CCN(C)CC2)n2ccccc12. The predicted octanol–water partition coefficient (Wildman–Crippen LogP) is 2.32. The minimum Gasteiger partial charge on any atom is -0.466 e. The van der Waals surface area contributed by atoms with Crippen LogP contribution in [0.25, 0.3) is 5.52 Å². The van der Waals surface area contributed by atoms with E-state index in [0.717, 1.165) is 36.5 Å². The lowest BCUT2D eigenvalue weighted by atomic mass is 9.93. The maximum Gasteiger partial charge on any atom is 0.311 e. The number of esters is 1. The molecule has 5 heteroatoms. The molecule has 0 amide bonds. The fourth-order valence-electron chi connectivity index (χ4n) is 3.32. The van der Waals surface area contributed by atoms with Crippen molar-refractivity contribution in [3.05, 3.63) is 35.9 Å². The van der Waals surface area contributed by atoms with Gasteiger partial charge in [0.05, 0.1) is 24.2 Å². The third kappa shape index (κ3) is 3.72. The lowest BCUT2D eigenvalue weighted by Crippen LogP contribution is -2.31. The summed E-state index contributed by atoms with van der Waals surface area (Å²) in [4.78, 5) is 19.0. The summed E-state index contributed by atoms with van der Waals surface area (Å²) in [7, 11) is 2.18. The molecular weight excluding hydrogens is 290 g/mol. The van der Waals surface area contributed by atoms with E-state index in [1.54, 1.807) is 0 Å². The quantitative estimate of drug-likeness (QED) is 0.795. The molecule has 0 radical (unpaired) electrons. The molecule has 0 spiro atoms. The highest BCUT2D eigenvalue weighted by atomic mass is 16.5. The Labute approximate surface area is 137 Å². The lowest BCUT2D eigenvalue weighted by molar-refractivity contribution is -0.142. The molecule has 0 saturated carbocycles. The molecule has 124 valence electrons. The van der Waals surface area contributed by atoms with Gasteiger partial charge in [-0.15, -0.1) is 0 Å². The van der Waals surface area contributed by atoms with E-state index in [9.17, 15) is 4.79 Å².